The fourth-order valence-corrected chi connectivity index (χ4v) is 4.06. The molecule has 0 aromatic heterocycles. The first kappa shape index (κ1) is 23.0. The number of amides is 1. The lowest BCUT2D eigenvalue weighted by molar-refractivity contribution is -0.120. The summed E-state index contributed by atoms with van der Waals surface area (Å²) in [5.74, 6) is 0.154. The smallest absolute Gasteiger partial charge is 0.241 e. The summed E-state index contributed by atoms with van der Waals surface area (Å²) >= 11 is 6.12. The van der Waals surface area contributed by atoms with Gasteiger partial charge < -0.3 is 4.90 Å². The molecule has 1 amide bonds. The number of Topliss-reactive ketones (excluding diaryl/α,β-unsaturated/α-hetero) is 1. The molecule has 162 valence electrons. The van der Waals surface area contributed by atoms with Crippen LogP contribution in [0.3, 0.4) is 0 Å². The fraction of sp³-hybridized carbons (Fsp3) is 0.400. The molecule has 1 aliphatic rings. The van der Waals surface area contributed by atoms with E-state index in [9.17, 15) is 9.59 Å². The monoisotopic (exact) mass is 437 g/mol. The highest BCUT2D eigenvalue weighted by atomic mass is 35.5. The number of ketones is 1. The summed E-state index contributed by atoms with van der Waals surface area (Å²) in [7, 11) is 0. The van der Waals surface area contributed by atoms with Gasteiger partial charge in [-0.1, -0.05) is 41.4 Å². The van der Waals surface area contributed by atoms with Gasteiger partial charge in [0.1, 0.15) is 0 Å². The predicted octanol–water partition coefficient (Wildman–Crippen LogP) is 4.80. The SMILES string of the molecule is Cc1ccc(C(=O)C2CCN(CC(=O)N(CCC#N)c3ccc(Cl)c(C)c3)CC2)cc1. The van der Waals surface area contributed by atoms with Gasteiger partial charge in [-0.3, -0.25) is 14.5 Å². The predicted molar refractivity (Wildman–Crippen MR) is 123 cm³/mol. The van der Waals surface area contributed by atoms with E-state index in [2.05, 4.69) is 11.0 Å². The Morgan fingerprint density at radius 3 is 2.42 bits per heavy atom. The first-order chi connectivity index (χ1) is 14.9. The Balaban J connectivity index is 1.60. The minimum atomic E-state index is -0.0414. The van der Waals surface area contributed by atoms with Crippen molar-refractivity contribution in [3.8, 4) is 6.07 Å². The number of anilines is 1. The molecular weight excluding hydrogens is 410 g/mol. The van der Waals surface area contributed by atoms with Crippen LogP contribution < -0.4 is 4.90 Å². The highest BCUT2D eigenvalue weighted by molar-refractivity contribution is 6.31. The average Bonchev–Trinajstić information content (AvgIpc) is 2.77. The minimum absolute atomic E-state index is 0.00247. The maximum Gasteiger partial charge on any atom is 0.241 e. The number of likely N-dealkylation sites (tertiary alicyclic amines) is 1. The minimum Gasteiger partial charge on any atom is -0.310 e. The van der Waals surface area contributed by atoms with Crippen LogP contribution in [0.15, 0.2) is 42.5 Å². The molecule has 3 rings (SSSR count). The van der Waals surface area contributed by atoms with Crippen LogP contribution in [0.4, 0.5) is 5.69 Å². The molecule has 1 saturated heterocycles. The van der Waals surface area contributed by atoms with Crippen LogP contribution in [-0.2, 0) is 4.79 Å². The summed E-state index contributed by atoms with van der Waals surface area (Å²) in [6.45, 7) is 5.94. The zero-order valence-electron chi connectivity index (χ0n) is 18.1. The summed E-state index contributed by atoms with van der Waals surface area (Å²) in [5, 5.41) is 9.65. The summed E-state index contributed by atoms with van der Waals surface area (Å²) < 4.78 is 0. The lowest BCUT2D eigenvalue weighted by Crippen LogP contribution is -2.44. The zero-order valence-corrected chi connectivity index (χ0v) is 18.9. The maximum atomic E-state index is 13.1. The molecule has 0 aliphatic carbocycles. The molecular formula is C25H28ClN3O2. The number of aryl methyl sites for hydroxylation is 2. The third kappa shape index (κ3) is 5.94. The van der Waals surface area contributed by atoms with Crippen LogP contribution in [0.2, 0.25) is 5.02 Å². The van der Waals surface area contributed by atoms with Gasteiger partial charge in [-0.05, 0) is 63.5 Å². The molecule has 5 nitrogen and oxygen atoms in total. The Kier molecular flexibility index (Phi) is 7.84. The van der Waals surface area contributed by atoms with Crippen LogP contribution >= 0.6 is 11.6 Å². The number of rotatable bonds is 7. The van der Waals surface area contributed by atoms with Crippen molar-refractivity contribution >= 4 is 29.0 Å². The van der Waals surface area contributed by atoms with E-state index in [-0.39, 0.29) is 30.6 Å². The molecule has 0 bridgehead atoms. The molecule has 0 atom stereocenters. The first-order valence-electron chi connectivity index (χ1n) is 10.7. The second-order valence-corrected chi connectivity index (χ2v) is 8.57. The van der Waals surface area contributed by atoms with Crippen LogP contribution in [0.25, 0.3) is 0 Å². The van der Waals surface area contributed by atoms with Crippen LogP contribution in [-0.4, -0.2) is 42.8 Å². The standard InChI is InChI=1S/C25H28ClN3O2/c1-18-4-6-20(7-5-18)25(31)21-10-14-28(15-11-21)17-24(30)29(13-3-12-27)22-8-9-23(26)19(2)16-22/h4-9,16,21H,3,10-11,13-15,17H2,1-2H3. The van der Waals surface area contributed by atoms with E-state index in [1.54, 1.807) is 11.0 Å². The molecule has 0 N–H and O–H groups in total. The van der Waals surface area contributed by atoms with Gasteiger partial charge in [0.15, 0.2) is 5.78 Å². The van der Waals surface area contributed by atoms with E-state index in [0.717, 1.165) is 35.2 Å². The Bertz CT molecular complexity index is 973. The van der Waals surface area contributed by atoms with E-state index < -0.39 is 0 Å². The van der Waals surface area contributed by atoms with Gasteiger partial charge in [-0.15, -0.1) is 0 Å². The van der Waals surface area contributed by atoms with E-state index in [0.29, 0.717) is 24.7 Å². The van der Waals surface area contributed by atoms with Crippen molar-refractivity contribution in [2.75, 3.05) is 31.1 Å². The third-order valence-corrected chi connectivity index (χ3v) is 6.28. The van der Waals surface area contributed by atoms with Crippen molar-refractivity contribution in [2.24, 2.45) is 5.92 Å². The highest BCUT2D eigenvalue weighted by Gasteiger charge is 2.28. The summed E-state index contributed by atoms with van der Waals surface area (Å²) in [5.41, 5.74) is 3.55. The van der Waals surface area contributed by atoms with Gasteiger partial charge in [0.25, 0.3) is 0 Å². The van der Waals surface area contributed by atoms with E-state index in [4.69, 9.17) is 16.9 Å². The second kappa shape index (κ2) is 10.6. The fourth-order valence-electron chi connectivity index (χ4n) is 3.94. The molecule has 0 radical (unpaired) electrons. The third-order valence-electron chi connectivity index (χ3n) is 5.85. The van der Waals surface area contributed by atoms with Crippen molar-refractivity contribution in [1.29, 1.82) is 5.26 Å². The summed E-state index contributed by atoms with van der Waals surface area (Å²) in [6, 6.07) is 15.3. The lowest BCUT2D eigenvalue weighted by Gasteiger charge is -2.32. The second-order valence-electron chi connectivity index (χ2n) is 8.17. The van der Waals surface area contributed by atoms with Gasteiger partial charge in [0.2, 0.25) is 5.91 Å². The Morgan fingerprint density at radius 2 is 1.81 bits per heavy atom. The Morgan fingerprint density at radius 1 is 1.13 bits per heavy atom. The number of halogens is 1. The number of nitrogens with zero attached hydrogens (tertiary/aromatic N) is 3. The van der Waals surface area contributed by atoms with Gasteiger partial charge in [0, 0.05) is 28.7 Å². The summed E-state index contributed by atoms with van der Waals surface area (Å²) in [4.78, 5) is 29.6. The van der Waals surface area contributed by atoms with Gasteiger partial charge in [0.05, 0.1) is 19.0 Å². The van der Waals surface area contributed by atoms with Gasteiger partial charge in [-0.2, -0.15) is 5.26 Å². The van der Waals surface area contributed by atoms with E-state index in [1.165, 1.54) is 0 Å². The van der Waals surface area contributed by atoms with Crippen LogP contribution in [0.1, 0.15) is 40.7 Å². The number of hydrogen-bond donors (Lipinski definition) is 0. The summed E-state index contributed by atoms with van der Waals surface area (Å²) in [6.07, 6.45) is 1.76. The normalized spacial score (nSPS) is 14.8. The van der Waals surface area contributed by atoms with Crippen molar-refractivity contribution in [3.05, 3.63) is 64.2 Å². The van der Waals surface area contributed by atoms with Crippen molar-refractivity contribution < 1.29 is 9.59 Å². The van der Waals surface area contributed by atoms with Gasteiger partial charge >= 0.3 is 0 Å². The molecule has 0 spiro atoms. The molecule has 1 aliphatic heterocycles. The van der Waals surface area contributed by atoms with E-state index in [1.807, 2.05) is 50.2 Å². The largest absolute Gasteiger partial charge is 0.310 e. The lowest BCUT2D eigenvalue weighted by atomic mass is 9.88. The first-order valence-corrected chi connectivity index (χ1v) is 11.0. The van der Waals surface area contributed by atoms with E-state index >= 15 is 0 Å². The van der Waals surface area contributed by atoms with Crippen LogP contribution in [0.5, 0.6) is 0 Å². The Hall–Kier alpha value is -2.68. The molecule has 6 heteroatoms. The average molecular weight is 438 g/mol. The molecule has 2 aromatic carbocycles. The molecule has 0 unspecified atom stereocenters. The number of carbonyl (C=O) groups is 2. The molecule has 0 saturated carbocycles. The number of nitriles is 1. The van der Waals surface area contributed by atoms with Crippen LogP contribution in [0, 0.1) is 31.1 Å². The quantitative estimate of drug-likeness (QED) is 0.583. The number of piperidine rings is 1. The number of hydrogen-bond acceptors (Lipinski definition) is 4. The van der Waals surface area contributed by atoms with Gasteiger partial charge in [-0.25, -0.2) is 0 Å². The van der Waals surface area contributed by atoms with Crippen molar-refractivity contribution in [3.63, 3.8) is 0 Å². The molecule has 1 fully saturated rings. The molecule has 31 heavy (non-hydrogen) atoms. The number of benzene rings is 2. The Labute approximate surface area is 189 Å². The molecule has 2 aromatic rings. The highest BCUT2D eigenvalue weighted by Crippen LogP contribution is 2.25. The zero-order chi connectivity index (χ0) is 22.4. The maximum absolute atomic E-state index is 13.1. The topological polar surface area (TPSA) is 64.4 Å². The molecule has 1 heterocycles. The number of carbonyl (C=O) groups excluding carboxylic acids is 2. The van der Waals surface area contributed by atoms with Crippen molar-refractivity contribution in [1.82, 2.24) is 4.90 Å². The van der Waals surface area contributed by atoms with Crippen molar-refractivity contribution in [2.45, 2.75) is 33.1 Å².